The minimum atomic E-state index is -3.30. The van der Waals surface area contributed by atoms with Crippen LogP contribution in [-0.2, 0) is 10.2 Å². The van der Waals surface area contributed by atoms with Crippen molar-refractivity contribution in [2.24, 2.45) is 5.73 Å². The van der Waals surface area contributed by atoms with E-state index in [1.807, 2.05) is 13.8 Å². The Morgan fingerprint density at radius 2 is 2.00 bits per heavy atom. The van der Waals surface area contributed by atoms with Crippen LogP contribution in [0.1, 0.15) is 20.3 Å². The molecule has 0 bridgehead atoms. The van der Waals surface area contributed by atoms with E-state index in [9.17, 15) is 8.42 Å². The van der Waals surface area contributed by atoms with Gasteiger partial charge in [0.25, 0.3) is 10.2 Å². The second-order valence-corrected chi connectivity index (χ2v) is 4.97. The number of nitrogens with zero attached hydrogens (tertiary/aromatic N) is 1. The first-order valence-electron chi connectivity index (χ1n) is 4.34. The standard InChI is InChI=1S/C7H19N3O2S/c1-7(2)10(3)13(11,12)9-6-4-5-8/h7,9H,4-6,8H2,1-3H3. The highest BCUT2D eigenvalue weighted by Crippen LogP contribution is 1.99. The van der Waals surface area contributed by atoms with Gasteiger partial charge in [-0.1, -0.05) is 0 Å². The Morgan fingerprint density at radius 3 is 2.38 bits per heavy atom. The Balaban J connectivity index is 4.08. The quantitative estimate of drug-likeness (QED) is 0.580. The van der Waals surface area contributed by atoms with Gasteiger partial charge in [0.05, 0.1) is 0 Å². The van der Waals surface area contributed by atoms with Crippen LogP contribution in [0.15, 0.2) is 0 Å². The Kier molecular flexibility index (Phi) is 5.46. The molecule has 0 aliphatic rings. The Hall–Kier alpha value is -0.170. The van der Waals surface area contributed by atoms with E-state index >= 15 is 0 Å². The minimum Gasteiger partial charge on any atom is -0.330 e. The lowest BCUT2D eigenvalue weighted by atomic mass is 10.4. The zero-order chi connectivity index (χ0) is 10.5. The van der Waals surface area contributed by atoms with E-state index in [4.69, 9.17) is 5.73 Å². The van der Waals surface area contributed by atoms with Gasteiger partial charge in [0.15, 0.2) is 0 Å². The summed E-state index contributed by atoms with van der Waals surface area (Å²) in [6.45, 7) is 4.54. The Labute approximate surface area is 80.5 Å². The summed E-state index contributed by atoms with van der Waals surface area (Å²) >= 11 is 0. The zero-order valence-corrected chi connectivity index (χ0v) is 9.26. The third kappa shape index (κ3) is 4.56. The molecule has 0 amide bonds. The molecule has 0 atom stereocenters. The van der Waals surface area contributed by atoms with Crippen LogP contribution in [0.2, 0.25) is 0 Å². The van der Waals surface area contributed by atoms with Crippen LogP contribution in [0.5, 0.6) is 0 Å². The molecule has 0 saturated carbocycles. The lowest BCUT2D eigenvalue weighted by Crippen LogP contribution is -2.42. The molecule has 0 rings (SSSR count). The SMILES string of the molecule is CC(C)N(C)S(=O)(=O)NCCCN. The molecule has 0 aromatic carbocycles. The second kappa shape index (κ2) is 5.54. The molecule has 0 heterocycles. The molecule has 0 aliphatic carbocycles. The van der Waals surface area contributed by atoms with Crippen LogP contribution in [0.25, 0.3) is 0 Å². The van der Waals surface area contributed by atoms with Gasteiger partial charge >= 0.3 is 0 Å². The predicted octanol–water partition coefficient (Wildman–Crippen LogP) is -0.490. The van der Waals surface area contributed by atoms with Crippen LogP contribution in [-0.4, -0.2) is 38.9 Å². The fourth-order valence-corrected chi connectivity index (χ4v) is 1.84. The van der Waals surface area contributed by atoms with Gasteiger partial charge in [-0.05, 0) is 26.8 Å². The molecule has 80 valence electrons. The summed E-state index contributed by atoms with van der Waals surface area (Å²) in [5.41, 5.74) is 5.25. The predicted molar refractivity (Wildman–Crippen MR) is 53.5 cm³/mol. The van der Waals surface area contributed by atoms with Crippen LogP contribution in [0, 0.1) is 0 Å². The Morgan fingerprint density at radius 1 is 1.46 bits per heavy atom. The average Bonchev–Trinajstić information content (AvgIpc) is 2.03. The van der Waals surface area contributed by atoms with Gasteiger partial charge in [0, 0.05) is 19.6 Å². The van der Waals surface area contributed by atoms with Crippen LogP contribution in [0.3, 0.4) is 0 Å². The highest BCUT2D eigenvalue weighted by atomic mass is 32.2. The van der Waals surface area contributed by atoms with Crippen LogP contribution in [0.4, 0.5) is 0 Å². The fourth-order valence-electron chi connectivity index (χ4n) is 0.683. The summed E-state index contributed by atoms with van der Waals surface area (Å²) in [6, 6.07) is -0.0321. The van der Waals surface area contributed by atoms with Gasteiger partial charge in [-0.2, -0.15) is 12.7 Å². The van der Waals surface area contributed by atoms with Crippen molar-refractivity contribution in [3.8, 4) is 0 Å². The van der Waals surface area contributed by atoms with Crippen molar-refractivity contribution in [3.05, 3.63) is 0 Å². The molecule has 0 fully saturated rings. The third-order valence-electron chi connectivity index (χ3n) is 1.77. The van der Waals surface area contributed by atoms with Crippen molar-refractivity contribution in [1.82, 2.24) is 9.03 Å². The molecule has 3 N–H and O–H groups in total. The fraction of sp³-hybridized carbons (Fsp3) is 1.00. The minimum absolute atomic E-state index is 0.0321. The molecule has 0 saturated heterocycles. The number of nitrogens with one attached hydrogen (secondary N) is 1. The average molecular weight is 209 g/mol. The molecule has 0 aromatic heterocycles. The van der Waals surface area contributed by atoms with E-state index in [-0.39, 0.29) is 6.04 Å². The van der Waals surface area contributed by atoms with E-state index in [1.54, 1.807) is 7.05 Å². The topological polar surface area (TPSA) is 75.4 Å². The lowest BCUT2D eigenvalue weighted by Gasteiger charge is -2.20. The molecular formula is C7H19N3O2S. The monoisotopic (exact) mass is 209 g/mol. The van der Waals surface area contributed by atoms with Gasteiger partial charge in [0.1, 0.15) is 0 Å². The van der Waals surface area contributed by atoms with E-state index in [2.05, 4.69) is 4.72 Å². The number of hydrogen-bond donors (Lipinski definition) is 2. The lowest BCUT2D eigenvalue weighted by molar-refractivity contribution is 0.402. The maximum Gasteiger partial charge on any atom is 0.279 e. The summed E-state index contributed by atoms with van der Waals surface area (Å²) < 4.78 is 26.6. The van der Waals surface area contributed by atoms with Gasteiger partial charge in [-0.3, -0.25) is 0 Å². The maximum absolute atomic E-state index is 11.4. The highest BCUT2D eigenvalue weighted by Gasteiger charge is 2.18. The van der Waals surface area contributed by atoms with Crippen LogP contribution >= 0.6 is 0 Å². The smallest absolute Gasteiger partial charge is 0.279 e. The third-order valence-corrected chi connectivity index (χ3v) is 3.52. The van der Waals surface area contributed by atoms with Crippen molar-refractivity contribution >= 4 is 10.2 Å². The van der Waals surface area contributed by atoms with Gasteiger partial charge in [-0.25, -0.2) is 4.72 Å². The second-order valence-electron chi connectivity index (χ2n) is 3.15. The first kappa shape index (κ1) is 12.8. The summed E-state index contributed by atoms with van der Waals surface area (Å²) in [5, 5.41) is 0. The summed E-state index contributed by atoms with van der Waals surface area (Å²) in [4.78, 5) is 0. The molecule has 13 heavy (non-hydrogen) atoms. The van der Waals surface area contributed by atoms with Crippen molar-refractivity contribution in [2.45, 2.75) is 26.3 Å². The summed E-state index contributed by atoms with van der Waals surface area (Å²) in [5.74, 6) is 0. The van der Waals surface area contributed by atoms with E-state index in [1.165, 1.54) is 4.31 Å². The molecule has 0 spiro atoms. The van der Waals surface area contributed by atoms with Crippen LogP contribution < -0.4 is 10.5 Å². The van der Waals surface area contributed by atoms with Crippen molar-refractivity contribution < 1.29 is 8.42 Å². The molecule has 5 nitrogen and oxygen atoms in total. The zero-order valence-electron chi connectivity index (χ0n) is 8.45. The van der Waals surface area contributed by atoms with E-state index in [0.717, 1.165) is 0 Å². The van der Waals surface area contributed by atoms with E-state index in [0.29, 0.717) is 19.5 Å². The highest BCUT2D eigenvalue weighted by molar-refractivity contribution is 7.87. The maximum atomic E-state index is 11.4. The molecule has 0 unspecified atom stereocenters. The Bertz CT molecular complexity index is 226. The molecule has 6 heteroatoms. The first-order valence-corrected chi connectivity index (χ1v) is 5.78. The molecule has 0 aromatic rings. The van der Waals surface area contributed by atoms with Gasteiger partial charge < -0.3 is 5.73 Å². The van der Waals surface area contributed by atoms with Crippen molar-refractivity contribution in [1.29, 1.82) is 0 Å². The first-order chi connectivity index (χ1) is 5.91. The molecule has 0 radical (unpaired) electrons. The number of rotatable bonds is 6. The number of nitrogens with two attached hydrogens (primary N) is 1. The van der Waals surface area contributed by atoms with Crippen molar-refractivity contribution in [3.63, 3.8) is 0 Å². The van der Waals surface area contributed by atoms with Crippen molar-refractivity contribution in [2.75, 3.05) is 20.1 Å². The summed E-state index contributed by atoms with van der Waals surface area (Å²) in [6.07, 6.45) is 0.658. The normalized spacial score (nSPS) is 12.8. The summed E-state index contributed by atoms with van der Waals surface area (Å²) in [7, 11) is -1.75. The van der Waals surface area contributed by atoms with Gasteiger partial charge in [-0.15, -0.1) is 0 Å². The number of hydrogen-bond acceptors (Lipinski definition) is 3. The van der Waals surface area contributed by atoms with Gasteiger partial charge in [0.2, 0.25) is 0 Å². The largest absolute Gasteiger partial charge is 0.330 e. The molecular weight excluding hydrogens is 190 g/mol. The molecule has 0 aliphatic heterocycles. The van der Waals surface area contributed by atoms with E-state index < -0.39 is 10.2 Å².